The molecule has 8 heteroatoms. The molecule has 3 aromatic rings. The third-order valence-electron chi connectivity index (χ3n) is 3.89. The number of rotatable bonds is 6. The zero-order valence-corrected chi connectivity index (χ0v) is 17.8. The first-order valence-electron chi connectivity index (χ1n) is 8.54. The van der Waals surface area contributed by atoms with Gasteiger partial charge in [-0.15, -0.1) is 0 Å². The van der Waals surface area contributed by atoms with Gasteiger partial charge >= 0.3 is 10.1 Å². The molecule has 0 spiro atoms. The SMILES string of the molecule is Cc1ccc(S(=O)(=O)Oc2ccc(/C=N\NC(=O)c3ccccc3Br)cc2)cc1. The summed E-state index contributed by atoms with van der Waals surface area (Å²) in [5, 5.41) is 3.91. The summed E-state index contributed by atoms with van der Waals surface area (Å²) in [5.41, 5.74) is 4.53. The zero-order valence-electron chi connectivity index (χ0n) is 15.4. The van der Waals surface area contributed by atoms with Crippen LogP contribution in [0.2, 0.25) is 0 Å². The molecule has 1 N–H and O–H groups in total. The highest BCUT2D eigenvalue weighted by molar-refractivity contribution is 9.10. The maximum atomic E-state index is 12.3. The van der Waals surface area contributed by atoms with Crippen molar-refractivity contribution in [2.75, 3.05) is 0 Å². The summed E-state index contributed by atoms with van der Waals surface area (Å²) in [5.74, 6) is -0.169. The molecule has 0 radical (unpaired) electrons. The fraction of sp³-hybridized carbons (Fsp3) is 0.0476. The number of amides is 1. The minimum atomic E-state index is -3.90. The summed E-state index contributed by atoms with van der Waals surface area (Å²) in [6.07, 6.45) is 1.45. The van der Waals surface area contributed by atoms with E-state index in [4.69, 9.17) is 4.18 Å². The number of hydrogen-bond donors (Lipinski definition) is 1. The van der Waals surface area contributed by atoms with E-state index in [-0.39, 0.29) is 16.6 Å². The molecule has 0 aliphatic carbocycles. The van der Waals surface area contributed by atoms with Gasteiger partial charge in [0.1, 0.15) is 10.6 Å². The van der Waals surface area contributed by atoms with Gasteiger partial charge in [-0.2, -0.15) is 13.5 Å². The average Bonchev–Trinajstić information content (AvgIpc) is 2.69. The van der Waals surface area contributed by atoms with E-state index >= 15 is 0 Å². The van der Waals surface area contributed by atoms with Crippen LogP contribution in [0.4, 0.5) is 0 Å². The molecule has 0 saturated carbocycles. The molecule has 29 heavy (non-hydrogen) atoms. The smallest absolute Gasteiger partial charge is 0.339 e. The monoisotopic (exact) mass is 472 g/mol. The standard InChI is InChI=1S/C21H17BrN2O4S/c1-15-6-12-18(13-7-15)29(26,27)28-17-10-8-16(9-11-17)14-23-24-21(25)19-4-2-3-5-20(19)22/h2-14H,1H3,(H,24,25)/b23-14-. The van der Waals surface area contributed by atoms with Crippen LogP contribution in [0, 0.1) is 6.92 Å². The molecular formula is C21H17BrN2O4S. The van der Waals surface area contributed by atoms with Crippen molar-refractivity contribution in [3.05, 3.63) is 94.0 Å². The number of hydrogen-bond acceptors (Lipinski definition) is 5. The Bertz CT molecular complexity index is 1140. The van der Waals surface area contributed by atoms with E-state index in [1.54, 1.807) is 42.5 Å². The lowest BCUT2D eigenvalue weighted by Gasteiger charge is -2.07. The van der Waals surface area contributed by atoms with E-state index in [1.807, 2.05) is 13.0 Å². The molecule has 148 valence electrons. The fourth-order valence-corrected chi connectivity index (χ4v) is 3.76. The van der Waals surface area contributed by atoms with Crippen LogP contribution in [0.1, 0.15) is 21.5 Å². The Morgan fingerprint density at radius 1 is 1.00 bits per heavy atom. The van der Waals surface area contributed by atoms with Crippen LogP contribution in [0.25, 0.3) is 0 Å². The number of hydrazone groups is 1. The molecule has 0 atom stereocenters. The molecule has 0 bridgehead atoms. The van der Waals surface area contributed by atoms with Crippen LogP contribution in [-0.2, 0) is 10.1 Å². The van der Waals surface area contributed by atoms with Crippen molar-refractivity contribution in [2.45, 2.75) is 11.8 Å². The maximum Gasteiger partial charge on any atom is 0.339 e. The molecule has 0 aliphatic rings. The van der Waals surface area contributed by atoms with Crippen molar-refractivity contribution in [2.24, 2.45) is 5.10 Å². The molecule has 0 fully saturated rings. The molecule has 0 aromatic heterocycles. The summed E-state index contributed by atoms with van der Waals surface area (Å²) >= 11 is 3.31. The Hall–Kier alpha value is -2.97. The lowest BCUT2D eigenvalue weighted by atomic mass is 10.2. The molecule has 1 amide bonds. The minimum absolute atomic E-state index is 0.0866. The quantitative estimate of drug-likeness (QED) is 0.329. The number of nitrogens with one attached hydrogen (secondary N) is 1. The molecule has 0 aliphatic heterocycles. The van der Waals surface area contributed by atoms with Crippen molar-refractivity contribution in [1.82, 2.24) is 5.43 Å². The zero-order chi connectivity index (χ0) is 20.9. The Labute approximate surface area is 177 Å². The van der Waals surface area contributed by atoms with Gasteiger partial charge in [0.25, 0.3) is 5.91 Å². The molecule has 3 aromatic carbocycles. The number of nitrogens with zero attached hydrogens (tertiary/aromatic N) is 1. The lowest BCUT2D eigenvalue weighted by Crippen LogP contribution is -2.18. The van der Waals surface area contributed by atoms with Gasteiger partial charge < -0.3 is 4.18 Å². The Morgan fingerprint density at radius 2 is 1.66 bits per heavy atom. The van der Waals surface area contributed by atoms with E-state index in [9.17, 15) is 13.2 Å². The maximum absolute atomic E-state index is 12.3. The first-order valence-corrected chi connectivity index (χ1v) is 10.7. The van der Waals surface area contributed by atoms with Gasteiger partial charge in [-0.3, -0.25) is 4.79 Å². The highest BCUT2D eigenvalue weighted by atomic mass is 79.9. The average molecular weight is 473 g/mol. The van der Waals surface area contributed by atoms with E-state index in [2.05, 4.69) is 26.5 Å². The van der Waals surface area contributed by atoms with Gasteiger partial charge in [-0.05, 0) is 76.9 Å². The normalized spacial score (nSPS) is 11.4. The van der Waals surface area contributed by atoms with Crippen molar-refractivity contribution >= 4 is 38.2 Å². The molecular weight excluding hydrogens is 456 g/mol. The summed E-state index contributed by atoms with van der Waals surface area (Å²) in [7, 11) is -3.90. The highest BCUT2D eigenvalue weighted by Crippen LogP contribution is 2.19. The van der Waals surface area contributed by atoms with Gasteiger partial charge in [0.2, 0.25) is 0 Å². The second kappa shape index (κ2) is 9.02. The summed E-state index contributed by atoms with van der Waals surface area (Å²) < 4.78 is 30.4. The molecule has 0 saturated heterocycles. The lowest BCUT2D eigenvalue weighted by molar-refractivity contribution is 0.0954. The van der Waals surface area contributed by atoms with Crippen LogP contribution in [-0.4, -0.2) is 20.5 Å². The Morgan fingerprint density at radius 3 is 2.31 bits per heavy atom. The van der Waals surface area contributed by atoms with Gasteiger partial charge in [0.05, 0.1) is 11.8 Å². The minimum Gasteiger partial charge on any atom is -0.379 e. The number of carbonyl (C=O) groups is 1. The van der Waals surface area contributed by atoms with Crippen molar-refractivity contribution in [3.8, 4) is 5.75 Å². The molecule has 0 unspecified atom stereocenters. The molecule has 6 nitrogen and oxygen atoms in total. The van der Waals surface area contributed by atoms with Gasteiger partial charge in [-0.25, -0.2) is 5.43 Å². The van der Waals surface area contributed by atoms with Gasteiger partial charge in [-0.1, -0.05) is 29.8 Å². The first kappa shape index (κ1) is 20.8. The Balaban J connectivity index is 1.63. The van der Waals surface area contributed by atoms with Crippen molar-refractivity contribution in [1.29, 1.82) is 0 Å². The molecule has 3 rings (SSSR count). The van der Waals surface area contributed by atoms with E-state index in [1.165, 1.54) is 30.5 Å². The van der Waals surface area contributed by atoms with Crippen molar-refractivity contribution in [3.63, 3.8) is 0 Å². The van der Waals surface area contributed by atoms with Crippen LogP contribution in [0.15, 0.2) is 87.3 Å². The second-order valence-electron chi connectivity index (χ2n) is 6.10. The number of aryl methyl sites for hydroxylation is 1. The van der Waals surface area contributed by atoms with E-state index in [0.29, 0.717) is 15.6 Å². The molecule has 0 heterocycles. The van der Waals surface area contributed by atoms with Crippen molar-refractivity contribution < 1.29 is 17.4 Å². The Kier molecular flexibility index (Phi) is 6.46. The van der Waals surface area contributed by atoms with Crippen LogP contribution >= 0.6 is 15.9 Å². The highest BCUT2D eigenvalue weighted by Gasteiger charge is 2.16. The summed E-state index contributed by atoms with van der Waals surface area (Å²) in [6, 6.07) is 19.7. The summed E-state index contributed by atoms with van der Waals surface area (Å²) in [4.78, 5) is 12.2. The van der Waals surface area contributed by atoms with E-state index in [0.717, 1.165) is 5.56 Å². The van der Waals surface area contributed by atoms with Gasteiger partial charge in [0.15, 0.2) is 0 Å². The fourth-order valence-electron chi connectivity index (χ4n) is 2.36. The predicted molar refractivity (Wildman–Crippen MR) is 115 cm³/mol. The third kappa shape index (κ3) is 5.52. The van der Waals surface area contributed by atoms with Gasteiger partial charge in [0, 0.05) is 4.47 Å². The largest absolute Gasteiger partial charge is 0.379 e. The van der Waals surface area contributed by atoms with Crippen LogP contribution < -0.4 is 9.61 Å². The van der Waals surface area contributed by atoms with Crippen LogP contribution in [0.3, 0.4) is 0 Å². The number of benzene rings is 3. The second-order valence-corrected chi connectivity index (χ2v) is 8.50. The van der Waals surface area contributed by atoms with E-state index < -0.39 is 10.1 Å². The topological polar surface area (TPSA) is 84.8 Å². The van der Waals surface area contributed by atoms with Crippen LogP contribution in [0.5, 0.6) is 5.75 Å². The third-order valence-corrected chi connectivity index (χ3v) is 5.85. The summed E-state index contributed by atoms with van der Waals surface area (Å²) in [6.45, 7) is 1.87. The first-order chi connectivity index (χ1) is 13.8. The number of carbonyl (C=O) groups excluding carboxylic acids is 1. The predicted octanol–water partition coefficient (Wildman–Crippen LogP) is 4.29. The number of halogens is 1.